The molecular weight excluding hydrogens is 414 g/mol. The van der Waals surface area contributed by atoms with E-state index in [0.29, 0.717) is 35.2 Å². The molecule has 0 amide bonds. The minimum atomic E-state index is -0.451. The Labute approximate surface area is 186 Å². The highest BCUT2D eigenvalue weighted by Crippen LogP contribution is 2.28. The summed E-state index contributed by atoms with van der Waals surface area (Å²) < 4.78 is 26.3. The minimum absolute atomic E-state index is 0.153. The third kappa shape index (κ3) is 5.78. The van der Waals surface area contributed by atoms with Crippen LogP contribution in [-0.2, 0) is 11.2 Å². The number of anilines is 1. The molecule has 3 aromatic rings. The van der Waals surface area contributed by atoms with Gasteiger partial charge in [-0.05, 0) is 42.3 Å². The summed E-state index contributed by atoms with van der Waals surface area (Å²) >= 11 is 0. The number of nitrogens with zero attached hydrogens (tertiary/aromatic N) is 2. The molecule has 0 aliphatic carbocycles. The van der Waals surface area contributed by atoms with Crippen molar-refractivity contribution in [3.63, 3.8) is 0 Å². The monoisotopic (exact) mass is 439 g/mol. The number of aromatic nitrogens is 2. The van der Waals surface area contributed by atoms with Crippen LogP contribution in [0, 0.1) is 0 Å². The molecule has 168 valence electrons. The van der Waals surface area contributed by atoms with Crippen molar-refractivity contribution in [3.05, 3.63) is 59.7 Å². The van der Waals surface area contributed by atoms with Crippen LogP contribution in [0.1, 0.15) is 15.9 Å². The fourth-order valence-corrected chi connectivity index (χ4v) is 2.93. The standard InChI is InChI=1S/C23H25N3O6/c1-28-18-9-8-15(12-19(18)29-2)10-11-24-20-14-21(26-23(25-20)31-4)32-17-7-5-6-16(13-17)22(27)30-3/h5-9,12-14H,10-11H2,1-4H3,(H,24,25,26). The number of hydrogen-bond donors (Lipinski definition) is 1. The van der Waals surface area contributed by atoms with Gasteiger partial charge < -0.3 is 29.0 Å². The third-order valence-corrected chi connectivity index (χ3v) is 4.51. The number of ether oxygens (including phenoxy) is 5. The van der Waals surface area contributed by atoms with Crippen LogP contribution in [0.25, 0.3) is 0 Å². The Bertz CT molecular complexity index is 1070. The van der Waals surface area contributed by atoms with Crippen molar-refractivity contribution in [2.45, 2.75) is 6.42 Å². The molecule has 0 saturated carbocycles. The van der Waals surface area contributed by atoms with Gasteiger partial charge in [0.05, 0.1) is 34.0 Å². The molecule has 0 spiro atoms. The number of carbonyl (C=O) groups excluding carboxylic acids is 1. The molecule has 0 aliphatic heterocycles. The van der Waals surface area contributed by atoms with Gasteiger partial charge in [-0.25, -0.2) is 4.79 Å². The van der Waals surface area contributed by atoms with Gasteiger partial charge in [0, 0.05) is 12.6 Å². The molecule has 2 aromatic carbocycles. The van der Waals surface area contributed by atoms with Crippen molar-refractivity contribution in [2.24, 2.45) is 0 Å². The maximum Gasteiger partial charge on any atom is 0.337 e. The highest BCUT2D eigenvalue weighted by molar-refractivity contribution is 5.89. The summed E-state index contributed by atoms with van der Waals surface area (Å²) in [7, 11) is 6.01. The van der Waals surface area contributed by atoms with Gasteiger partial charge in [0.1, 0.15) is 11.6 Å². The van der Waals surface area contributed by atoms with Crippen LogP contribution < -0.4 is 24.3 Å². The molecule has 0 saturated heterocycles. The van der Waals surface area contributed by atoms with Crippen LogP contribution in [0.2, 0.25) is 0 Å². The molecular formula is C23H25N3O6. The third-order valence-electron chi connectivity index (χ3n) is 4.51. The zero-order chi connectivity index (χ0) is 22.9. The molecule has 0 fully saturated rings. The van der Waals surface area contributed by atoms with Crippen LogP contribution in [-0.4, -0.2) is 50.9 Å². The lowest BCUT2D eigenvalue weighted by molar-refractivity contribution is 0.0600. The first-order valence-electron chi connectivity index (χ1n) is 9.80. The first-order chi connectivity index (χ1) is 15.6. The molecule has 32 heavy (non-hydrogen) atoms. The minimum Gasteiger partial charge on any atom is -0.493 e. The highest BCUT2D eigenvalue weighted by Gasteiger charge is 2.11. The normalized spacial score (nSPS) is 10.2. The topological polar surface area (TPSA) is 101 Å². The summed E-state index contributed by atoms with van der Waals surface area (Å²) in [6.45, 7) is 0.604. The number of esters is 1. The van der Waals surface area contributed by atoms with Crippen molar-refractivity contribution in [1.29, 1.82) is 0 Å². The predicted octanol–water partition coefficient (Wildman–Crippen LogP) is 3.74. The molecule has 0 atom stereocenters. The Morgan fingerprint density at radius 1 is 0.906 bits per heavy atom. The van der Waals surface area contributed by atoms with Gasteiger partial charge >= 0.3 is 12.0 Å². The zero-order valence-electron chi connectivity index (χ0n) is 18.4. The number of carbonyl (C=O) groups is 1. The molecule has 1 N–H and O–H groups in total. The van der Waals surface area contributed by atoms with E-state index >= 15 is 0 Å². The van der Waals surface area contributed by atoms with Gasteiger partial charge in [0.25, 0.3) is 0 Å². The van der Waals surface area contributed by atoms with Crippen molar-refractivity contribution < 1.29 is 28.5 Å². The lowest BCUT2D eigenvalue weighted by Crippen LogP contribution is -2.08. The Hall–Kier alpha value is -4.01. The molecule has 1 aromatic heterocycles. The molecule has 0 bridgehead atoms. The summed E-state index contributed by atoms with van der Waals surface area (Å²) in [4.78, 5) is 20.2. The highest BCUT2D eigenvalue weighted by atomic mass is 16.5. The van der Waals surface area contributed by atoms with Crippen LogP contribution in [0.4, 0.5) is 5.82 Å². The Balaban J connectivity index is 1.69. The summed E-state index contributed by atoms with van der Waals surface area (Å²) in [5.74, 6) is 2.16. The van der Waals surface area contributed by atoms with Gasteiger partial charge in [-0.2, -0.15) is 9.97 Å². The van der Waals surface area contributed by atoms with Gasteiger partial charge in [-0.15, -0.1) is 0 Å². The van der Waals surface area contributed by atoms with Gasteiger partial charge in [-0.3, -0.25) is 0 Å². The van der Waals surface area contributed by atoms with Crippen LogP contribution in [0.3, 0.4) is 0 Å². The SMILES string of the molecule is COC(=O)c1cccc(Oc2cc(NCCc3ccc(OC)c(OC)c3)nc(OC)n2)c1. The van der Waals surface area contributed by atoms with Crippen molar-refractivity contribution >= 4 is 11.8 Å². The summed E-state index contributed by atoms with van der Waals surface area (Å²) in [5.41, 5.74) is 1.45. The second kappa shape index (κ2) is 10.9. The second-order valence-electron chi connectivity index (χ2n) is 6.57. The lowest BCUT2D eigenvalue weighted by atomic mass is 10.1. The first kappa shape index (κ1) is 22.7. The van der Waals surface area contributed by atoms with E-state index in [9.17, 15) is 4.79 Å². The Morgan fingerprint density at radius 2 is 1.72 bits per heavy atom. The number of nitrogens with one attached hydrogen (secondary N) is 1. The molecule has 0 radical (unpaired) electrons. The van der Waals surface area contributed by atoms with E-state index in [-0.39, 0.29) is 11.9 Å². The number of hydrogen-bond acceptors (Lipinski definition) is 9. The largest absolute Gasteiger partial charge is 0.493 e. The predicted molar refractivity (Wildman–Crippen MR) is 118 cm³/mol. The first-order valence-corrected chi connectivity index (χ1v) is 9.80. The average molecular weight is 439 g/mol. The molecule has 9 nitrogen and oxygen atoms in total. The molecule has 1 heterocycles. The Kier molecular flexibility index (Phi) is 7.69. The van der Waals surface area contributed by atoms with Gasteiger partial charge in [-0.1, -0.05) is 12.1 Å². The second-order valence-corrected chi connectivity index (χ2v) is 6.57. The molecule has 3 rings (SSSR count). The van der Waals surface area contributed by atoms with E-state index in [4.69, 9.17) is 23.7 Å². The van der Waals surface area contributed by atoms with E-state index < -0.39 is 5.97 Å². The van der Waals surface area contributed by atoms with Crippen molar-refractivity contribution in [1.82, 2.24) is 9.97 Å². The van der Waals surface area contributed by atoms with E-state index in [0.717, 1.165) is 12.0 Å². The average Bonchev–Trinajstić information content (AvgIpc) is 2.83. The van der Waals surface area contributed by atoms with E-state index in [1.165, 1.54) is 14.2 Å². The zero-order valence-corrected chi connectivity index (χ0v) is 18.4. The van der Waals surface area contributed by atoms with Crippen molar-refractivity contribution in [3.8, 4) is 29.1 Å². The quantitative estimate of drug-likeness (QED) is 0.473. The maximum atomic E-state index is 11.7. The smallest absolute Gasteiger partial charge is 0.337 e. The van der Waals surface area contributed by atoms with Crippen molar-refractivity contribution in [2.75, 3.05) is 40.3 Å². The Morgan fingerprint density at radius 3 is 2.44 bits per heavy atom. The molecule has 0 aliphatic rings. The van der Waals surface area contributed by atoms with Crippen LogP contribution >= 0.6 is 0 Å². The summed E-state index contributed by atoms with van der Waals surface area (Å²) in [6.07, 6.45) is 0.726. The fourth-order valence-electron chi connectivity index (χ4n) is 2.93. The van der Waals surface area contributed by atoms with E-state index in [2.05, 4.69) is 15.3 Å². The maximum absolute atomic E-state index is 11.7. The van der Waals surface area contributed by atoms with Crippen LogP contribution in [0.5, 0.6) is 29.1 Å². The van der Waals surface area contributed by atoms with E-state index in [1.807, 2.05) is 18.2 Å². The van der Waals surface area contributed by atoms with E-state index in [1.54, 1.807) is 44.6 Å². The fraction of sp³-hybridized carbons (Fsp3) is 0.261. The van der Waals surface area contributed by atoms with Gasteiger partial charge in [0.2, 0.25) is 5.88 Å². The number of rotatable bonds is 10. The number of benzene rings is 2. The van der Waals surface area contributed by atoms with Gasteiger partial charge in [0.15, 0.2) is 11.5 Å². The number of methoxy groups -OCH3 is 4. The summed E-state index contributed by atoms with van der Waals surface area (Å²) in [5, 5.41) is 3.24. The lowest BCUT2D eigenvalue weighted by Gasteiger charge is -2.12. The summed E-state index contributed by atoms with van der Waals surface area (Å²) in [6, 6.07) is 14.2. The molecule has 0 unspecified atom stereocenters. The molecule has 9 heteroatoms. The van der Waals surface area contributed by atoms with Crippen LogP contribution in [0.15, 0.2) is 48.5 Å².